The molecule has 1 aromatic carbocycles. The lowest BCUT2D eigenvalue weighted by atomic mass is 10.1. The van der Waals surface area contributed by atoms with Crippen LogP contribution >= 0.6 is 11.6 Å². The third-order valence-corrected chi connectivity index (χ3v) is 5.92. The van der Waals surface area contributed by atoms with Gasteiger partial charge in [-0.2, -0.15) is 0 Å². The second-order valence-corrected chi connectivity index (χ2v) is 7.97. The van der Waals surface area contributed by atoms with Crippen molar-refractivity contribution in [2.45, 2.75) is 26.3 Å². The third-order valence-electron chi connectivity index (χ3n) is 5.38. The van der Waals surface area contributed by atoms with Gasteiger partial charge in [0.25, 0.3) is 5.91 Å². The van der Waals surface area contributed by atoms with Gasteiger partial charge in [0.15, 0.2) is 5.82 Å². The Hall–Kier alpha value is -2.71. The molecular formula is C21H23ClFN5O2. The number of aromatic nitrogens is 2. The van der Waals surface area contributed by atoms with E-state index in [1.54, 1.807) is 18.7 Å². The quantitative estimate of drug-likeness (QED) is 0.755. The normalized spacial score (nSPS) is 18.5. The molecular weight excluding hydrogens is 409 g/mol. The summed E-state index contributed by atoms with van der Waals surface area (Å²) in [5.74, 6) is -0.0423. The molecule has 1 atom stereocenters. The van der Waals surface area contributed by atoms with Crippen molar-refractivity contribution in [1.82, 2.24) is 20.2 Å². The number of nitrogens with zero attached hydrogens (tertiary/aromatic N) is 3. The van der Waals surface area contributed by atoms with Crippen LogP contribution in [0.15, 0.2) is 23.9 Å². The molecule has 1 aromatic heterocycles. The van der Waals surface area contributed by atoms with Gasteiger partial charge in [-0.3, -0.25) is 4.79 Å². The number of nitrogens with two attached hydrogens (primary N) is 1. The second-order valence-electron chi connectivity index (χ2n) is 7.59. The first-order valence-corrected chi connectivity index (χ1v) is 10.1. The SMILES string of the molecule is Cc1nc(C2=C(N)CN(C(=O)c3ccc(F)cc3OC[C@H]3CCN3)C2)nc(C)c1Cl. The Balaban J connectivity index is 1.54. The van der Waals surface area contributed by atoms with Gasteiger partial charge in [0.1, 0.15) is 18.2 Å². The lowest BCUT2D eigenvalue weighted by molar-refractivity contribution is 0.0793. The first-order chi connectivity index (χ1) is 14.3. The molecule has 0 bridgehead atoms. The molecule has 4 rings (SSSR count). The minimum atomic E-state index is -0.455. The highest BCUT2D eigenvalue weighted by atomic mass is 35.5. The van der Waals surface area contributed by atoms with Crippen molar-refractivity contribution in [2.24, 2.45) is 5.73 Å². The van der Waals surface area contributed by atoms with Crippen molar-refractivity contribution in [1.29, 1.82) is 0 Å². The molecule has 0 radical (unpaired) electrons. The molecule has 3 N–H and O–H groups in total. The Morgan fingerprint density at radius 1 is 1.33 bits per heavy atom. The zero-order valence-electron chi connectivity index (χ0n) is 16.8. The van der Waals surface area contributed by atoms with Gasteiger partial charge in [-0.05, 0) is 38.9 Å². The van der Waals surface area contributed by atoms with Crippen LogP contribution in [-0.2, 0) is 0 Å². The molecule has 0 aliphatic carbocycles. The van der Waals surface area contributed by atoms with Gasteiger partial charge in [0.2, 0.25) is 0 Å². The monoisotopic (exact) mass is 431 g/mol. The molecule has 0 saturated carbocycles. The smallest absolute Gasteiger partial charge is 0.258 e. The van der Waals surface area contributed by atoms with Crippen LogP contribution in [0.25, 0.3) is 5.57 Å². The van der Waals surface area contributed by atoms with E-state index in [1.165, 1.54) is 18.2 Å². The maximum Gasteiger partial charge on any atom is 0.258 e. The molecule has 1 amide bonds. The van der Waals surface area contributed by atoms with E-state index in [-0.39, 0.29) is 30.8 Å². The van der Waals surface area contributed by atoms with Gasteiger partial charge in [-0.15, -0.1) is 0 Å². The highest BCUT2D eigenvalue weighted by Crippen LogP contribution is 2.29. The van der Waals surface area contributed by atoms with Crippen LogP contribution in [0.5, 0.6) is 5.75 Å². The van der Waals surface area contributed by atoms with Gasteiger partial charge in [0, 0.05) is 23.4 Å². The molecule has 30 heavy (non-hydrogen) atoms. The molecule has 0 spiro atoms. The molecule has 7 nitrogen and oxygen atoms in total. The molecule has 2 aliphatic heterocycles. The number of ether oxygens (including phenoxy) is 1. The highest BCUT2D eigenvalue weighted by Gasteiger charge is 2.30. The minimum absolute atomic E-state index is 0.223. The van der Waals surface area contributed by atoms with E-state index >= 15 is 0 Å². The number of nitrogens with one attached hydrogen (secondary N) is 1. The Morgan fingerprint density at radius 3 is 2.67 bits per heavy atom. The van der Waals surface area contributed by atoms with Crippen LogP contribution in [0.4, 0.5) is 4.39 Å². The van der Waals surface area contributed by atoms with E-state index in [0.717, 1.165) is 13.0 Å². The van der Waals surface area contributed by atoms with E-state index in [2.05, 4.69) is 15.3 Å². The standard InChI is InChI=1S/C21H23ClFN5O2/c1-11-19(22)12(2)27-20(26-11)16-8-28(9-17(16)24)21(29)15-4-3-13(23)7-18(15)30-10-14-5-6-25-14/h3-4,7,14,25H,5-6,8-10,24H2,1-2H3/t14-/m1/s1. The van der Waals surface area contributed by atoms with Gasteiger partial charge < -0.3 is 20.7 Å². The summed E-state index contributed by atoms with van der Waals surface area (Å²) in [5, 5.41) is 3.73. The number of carbonyl (C=O) groups excluding carboxylic acids is 1. The average molecular weight is 432 g/mol. The molecule has 1 saturated heterocycles. The summed E-state index contributed by atoms with van der Waals surface area (Å²) >= 11 is 6.16. The number of rotatable bonds is 5. The summed E-state index contributed by atoms with van der Waals surface area (Å²) < 4.78 is 19.5. The fourth-order valence-corrected chi connectivity index (χ4v) is 3.57. The first kappa shape index (κ1) is 20.6. The van der Waals surface area contributed by atoms with Crippen molar-refractivity contribution >= 4 is 23.1 Å². The number of benzene rings is 1. The average Bonchev–Trinajstić information content (AvgIpc) is 3.06. The van der Waals surface area contributed by atoms with Crippen LogP contribution in [0.2, 0.25) is 5.02 Å². The molecule has 9 heteroatoms. The number of carbonyl (C=O) groups is 1. The first-order valence-electron chi connectivity index (χ1n) is 9.77. The fraction of sp³-hybridized carbons (Fsp3) is 0.381. The van der Waals surface area contributed by atoms with Gasteiger partial charge >= 0.3 is 0 Å². The third kappa shape index (κ3) is 3.97. The maximum atomic E-state index is 13.8. The number of hydrogen-bond donors (Lipinski definition) is 2. The van der Waals surface area contributed by atoms with Crippen LogP contribution in [-0.4, -0.2) is 53.1 Å². The molecule has 3 heterocycles. The van der Waals surface area contributed by atoms with Crippen LogP contribution < -0.4 is 15.8 Å². The Labute approximate surface area is 179 Å². The van der Waals surface area contributed by atoms with Gasteiger partial charge in [0.05, 0.1) is 35.1 Å². The van der Waals surface area contributed by atoms with Crippen molar-refractivity contribution in [2.75, 3.05) is 26.2 Å². The van der Waals surface area contributed by atoms with Crippen LogP contribution in [0, 0.1) is 19.7 Å². The van der Waals surface area contributed by atoms with Crippen LogP contribution in [0.1, 0.15) is 34.0 Å². The topological polar surface area (TPSA) is 93.4 Å². The Morgan fingerprint density at radius 2 is 2.03 bits per heavy atom. The Kier molecular flexibility index (Phi) is 5.62. The van der Waals surface area contributed by atoms with Crippen molar-refractivity contribution < 1.29 is 13.9 Å². The molecule has 1 fully saturated rings. The van der Waals surface area contributed by atoms with Gasteiger partial charge in [-0.25, -0.2) is 14.4 Å². The number of amides is 1. The minimum Gasteiger partial charge on any atom is -0.491 e. The molecule has 158 valence electrons. The molecule has 0 unspecified atom stereocenters. The van der Waals surface area contributed by atoms with Gasteiger partial charge in [-0.1, -0.05) is 11.6 Å². The van der Waals surface area contributed by atoms with E-state index < -0.39 is 5.82 Å². The predicted molar refractivity (Wildman–Crippen MR) is 112 cm³/mol. The summed E-state index contributed by atoms with van der Waals surface area (Å²) in [6, 6.07) is 4.17. The lowest BCUT2D eigenvalue weighted by Crippen LogP contribution is -2.46. The predicted octanol–water partition coefficient (Wildman–Crippen LogP) is 2.45. The van der Waals surface area contributed by atoms with Crippen molar-refractivity contribution in [3.8, 4) is 5.75 Å². The van der Waals surface area contributed by atoms with Crippen LogP contribution in [0.3, 0.4) is 0 Å². The second kappa shape index (κ2) is 8.20. The lowest BCUT2D eigenvalue weighted by Gasteiger charge is -2.28. The zero-order valence-corrected chi connectivity index (χ0v) is 17.6. The molecule has 2 aliphatic rings. The van der Waals surface area contributed by atoms with E-state index in [1.807, 2.05) is 0 Å². The summed E-state index contributed by atoms with van der Waals surface area (Å²) in [7, 11) is 0. The summed E-state index contributed by atoms with van der Waals surface area (Å²) in [6.07, 6.45) is 0.995. The highest BCUT2D eigenvalue weighted by molar-refractivity contribution is 6.31. The van der Waals surface area contributed by atoms with E-state index in [0.29, 0.717) is 45.7 Å². The van der Waals surface area contributed by atoms with Crippen molar-refractivity contribution in [3.05, 3.63) is 57.5 Å². The Bertz CT molecular complexity index is 1020. The van der Waals surface area contributed by atoms with E-state index in [4.69, 9.17) is 22.1 Å². The zero-order chi connectivity index (χ0) is 21.4. The maximum absolute atomic E-state index is 13.8. The number of hydrogen-bond acceptors (Lipinski definition) is 6. The van der Waals surface area contributed by atoms with E-state index in [9.17, 15) is 9.18 Å². The summed E-state index contributed by atoms with van der Waals surface area (Å²) in [4.78, 5) is 23.6. The molecule has 2 aromatic rings. The summed E-state index contributed by atoms with van der Waals surface area (Å²) in [5.41, 5.74) is 9.04. The van der Waals surface area contributed by atoms with Crippen molar-refractivity contribution in [3.63, 3.8) is 0 Å². The largest absolute Gasteiger partial charge is 0.491 e. The number of aryl methyl sites for hydroxylation is 2. The number of halogens is 2. The fourth-order valence-electron chi connectivity index (χ4n) is 3.49. The summed E-state index contributed by atoms with van der Waals surface area (Å²) in [6.45, 7) is 5.41.